The Morgan fingerprint density at radius 3 is 2.68 bits per heavy atom. The number of likely N-dealkylation sites (tertiary alicyclic amines) is 2. The molecule has 2 aromatic rings. The fraction of sp³-hybridized carbons (Fsp3) is 0.476. The smallest absolute Gasteiger partial charge is 0.227 e. The van der Waals surface area contributed by atoms with Crippen LogP contribution in [0, 0.1) is 5.92 Å². The fourth-order valence-electron chi connectivity index (χ4n) is 4.38. The van der Waals surface area contributed by atoms with E-state index in [9.17, 15) is 4.79 Å². The first kappa shape index (κ1) is 16.4. The Morgan fingerprint density at radius 1 is 1.04 bits per heavy atom. The van der Waals surface area contributed by atoms with Crippen LogP contribution in [0.2, 0.25) is 0 Å². The van der Waals surface area contributed by atoms with E-state index in [4.69, 9.17) is 0 Å². The molecule has 0 spiro atoms. The summed E-state index contributed by atoms with van der Waals surface area (Å²) in [4.78, 5) is 21.1. The number of hydrogen-bond donors (Lipinski definition) is 1. The van der Waals surface area contributed by atoms with Crippen molar-refractivity contribution in [3.63, 3.8) is 0 Å². The number of carbonyl (C=O) groups is 1. The van der Waals surface area contributed by atoms with Gasteiger partial charge in [-0.2, -0.15) is 0 Å². The molecule has 1 N–H and O–H groups in total. The van der Waals surface area contributed by atoms with Crippen LogP contribution in [-0.2, 0) is 11.3 Å². The summed E-state index contributed by atoms with van der Waals surface area (Å²) >= 11 is 0. The molecule has 25 heavy (non-hydrogen) atoms. The van der Waals surface area contributed by atoms with E-state index in [0.29, 0.717) is 5.91 Å². The van der Waals surface area contributed by atoms with Crippen LogP contribution in [-0.4, -0.2) is 40.3 Å². The number of benzene rings is 1. The number of rotatable bonds is 4. The molecule has 4 rings (SSSR count). The van der Waals surface area contributed by atoms with Crippen LogP contribution in [0.15, 0.2) is 48.7 Å². The average Bonchev–Trinajstić information content (AvgIpc) is 3.33. The van der Waals surface area contributed by atoms with E-state index < -0.39 is 0 Å². The van der Waals surface area contributed by atoms with E-state index in [1.54, 1.807) is 0 Å². The van der Waals surface area contributed by atoms with Gasteiger partial charge in [0.15, 0.2) is 0 Å². The first-order valence-electron chi connectivity index (χ1n) is 9.51. The molecule has 0 radical (unpaired) electrons. The summed E-state index contributed by atoms with van der Waals surface area (Å²) < 4.78 is 0. The van der Waals surface area contributed by atoms with Crippen molar-refractivity contribution in [1.29, 1.82) is 0 Å². The lowest BCUT2D eigenvalue weighted by Crippen LogP contribution is -2.44. The molecule has 2 aliphatic heterocycles. The molecule has 1 amide bonds. The molecular weight excluding hydrogens is 310 g/mol. The lowest BCUT2D eigenvalue weighted by Gasteiger charge is -2.35. The molecule has 2 unspecified atom stereocenters. The van der Waals surface area contributed by atoms with Gasteiger partial charge < -0.3 is 9.88 Å². The predicted octanol–water partition coefficient (Wildman–Crippen LogP) is 3.59. The van der Waals surface area contributed by atoms with Crippen LogP contribution >= 0.6 is 0 Å². The van der Waals surface area contributed by atoms with Crippen LogP contribution in [0.4, 0.5) is 0 Å². The second-order valence-corrected chi connectivity index (χ2v) is 7.37. The van der Waals surface area contributed by atoms with Crippen molar-refractivity contribution in [2.75, 3.05) is 19.6 Å². The lowest BCUT2D eigenvalue weighted by molar-refractivity contribution is -0.138. The van der Waals surface area contributed by atoms with E-state index in [1.807, 2.05) is 12.3 Å². The summed E-state index contributed by atoms with van der Waals surface area (Å²) in [6, 6.07) is 15.0. The number of piperidine rings is 1. The van der Waals surface area contributed by atoms with Gasteiger partial charge in [-0.1, -0.05) is 30.3 Å². The van der Waals surface area contributed by atoms with Crippen LogP contribution in [0.25, 0.3) is 0 Å². The van der Waals surface area contributed by atoms with Gasteiger partial charge in [-0.15, -0.1) is 0 Å². The summed E-state index contributed by atoms with van der Waals surface area (Å²) in [5, 5.41) is 0. The minimum atomic E-state index is 0.146. The molecule has 2 fully saturated rings. The Hall–Kier alpha value is -2.07. The van der Waals surface area contributed by atoms with Crippen molar-refractivity contribution in [3.05, 3.63) is 59.9 Å². The molecule has 132 valence electrons. The van der Waals surface area contributed by atoms with Crippen LogP contribution in [0.5, 0.6) is 0 Å². The molecule has 0 bridgehead atoms. The van der Waals surface area contributed by atoms with Crippen molar-refractivity contribution in [2.24, 2.45) is 5.92 Å². The van der Waals surface area contributed by atoms with Crippen molar-refractivity contribution in [3.8, 4) is 0 Å². The summed E-state index contributed by atoms with van der Waals surface area (Å²) in [6.07, 6.45) is 6.28. The number of nitrogens with zero attached hydrogens (tertiary/aromatic N) is 2. The maximum absolute atomic E-state index is 13.2. The van der Waals surface area contributed by atoms with E-state index in [-0.39, 0.29) is 12.0 Å². The quantitative estimate of drug-likeness (QED) is 0.926. The molecule has 4 heteroatoms. The molecule has 1 aromatic heterocycles. The second kappa shape index (κ2) is 7.44. The number of carbonyl (C=O) groups excluding carboxylic acids is 1. The number of amides is 1. The van der Waals surface area contributed by atoms with Crippen molar-refractivity contribution in [2.45, 2.75) is 38.3 Å². The van der Waals surface area contributed by atoms with Gasteiger partial charge in [-0.25, -0.2) is 0 Å². The SMILES string of the molecule is O=C(C1CCCN(Cc2ccccc2)C1)N1CCCC1c1ccc[nH]1. The minimum absolute atomic E-state index is 0.146. The highest BCUT2D eigenvalue weighted by atomic mass is 16.2. The molecule has 0 saturated carbocycles. The van der Waals surface area contributed by atoms with E-state index >= 15 is 0 Å². The third-order valence-corrected chi connectivity index (χ3v) is 5.62. The van der Waals surface area contributed by atoms with Gasteiger partial charge in [0.05, 0.1) is 12.0 Å². The lowest BCUT2D eigenvalue weighted by atomic mass is 9.95. The van der Waals surface area contributed by atoms with Crippen LogP contribution < -0.4 is 0 Å². The molecule has 0 aliphatic carbocycles. The number of aromatic amines is 1. The minimum Gasteiger partial charge on any atom is -0.363 e. The number of aromatic nitrogens is 1. The zero-order valence-electron chi connectivity index (χ0n) is 14.7. The fourth-order valence-corrected chi connectivity index (χ4v) is 4.38. The van der Waals surface area contributed by atoms with Gasteiger partial charge in [0.25, 0.3) is 0 Å². The largest absolute Gasteiger partial charge is 0.363 e. The van der Waals surface area contributed by atoms with Crippen molar-refractivity contribution in [1.82, 2.24) is 14.8 Å². The van der Waals surface area contributed by atoms with E-state index in [0.717, 1.165) is 51.9 Å². The Kier molecular flexibility index (Phi) is 4.88. The third-order valence-electron chi connectivity index (χ3n) is 5.62. The summed E-state index contributed by atoms with van der Waals surface area (Å²) in [5.74, 6) is 0.503. The summed E-state index contributed by atoms with van der Waals surface area (Å²) in [5.41, 5.74) is 2.52. The first-order valence-corrected chi connectivity index (χ1v) is 9.51. The van der Waals surface area contributed by atoms with Gasteiger partial charge in [-0.3, -0.25) is 9.69 Å². The molecule has 3 heterocycles. The first-order chi connectivity index (χ1) is 12.3. The molecule has 2 atom stereocenters. The highest BCUT2D eigenvalue weighted by molar-refractivity contribution is 5.80. The predicted molar refractivity (Wildman–Crippen MR) is 98.9 cm³/mol. The number of H-pyrrole nitrogens is 1. The van der Waals surface area contributed by atoms with Crippen LogP contribution in [0.1, 0.15) is 43.0 Å². The normalized spacial score (nSPS) is 24.6. The van der Waals surface area contributed by atoms with Crippen LogP contribution in [0.3, 0.4) is 0 Å². The van der Waals surface area contributed by atoms with Gasteiger partial charge in [0.2, 0.25) is 5.91 Å². The molecule has 2 aliphatic rings. The third kappa shape index (κ3) is 3.64. The Balaban J connectivity index is 1.41. The average molecular weight is 337 g/mol. The maximum atomic E-state index is 13.2. The Morgan fingerprint density at radius 2 is 1.88 bits per heavy atom. The molecular formula is C21H27N3O. The molecule has 2 saturated heterocycles. The topological polar surface area (TPSA) is 39.3 Å². The summed E-state index contributed by atoms with van der Waals surface area (Å²) in [6.45, 7) is 3.84. The monoisotopic (exact) mass is 337 g/mol. The second-order valence-electron chi connectivity index (χ2n) is 7.37. The van der Waals surface area contributed by atoms with Crippen molar-refractivity contribution >= 4 is 5.91 Å². The van der Waals surface area contributed by atoms with Crippen molar-refractivity contribution < 1.29 is 4.79 Å². The summed E-state index contributed by atoms with van der Waals surface area (Å²) in [7, 11) is 0. The molecule has 4 nitrogen and oxygen atoms in total. The Labute approximate surface area is 149 Å². The maximum Gasteiger partial charge on any atom is 0.227 e. The van der Waals surface area contributed by atoms with E-state index in [1.165, 1.54) is 11.3 Å². The zero-order chi connectivity index (χ0) is 17.1. The van der Waals surface area contributed by atoms with Gasteiger partial charge in [0, 0.05) is 31.5 Å². The van der Waals surface area contributed by atoms with Gasteiger partial charge in [-0.05, 0) is 49.9 Å². The standard InChI is InChI=1S/C21H27N3O/c25-21(24-14-6-11-20(24)19-10-4-12-22-19)18-9-5-13-23(16-18)15-17-7-2-1-3-8-17/h1-4,7-8,10,12,18,20,22H,5-6,9,11,13-16H2. The number of nitrogens with one attached hydrogen (secondary N) is 1. The van der Waals surface area contributed by atoms with Gasteiger partial charge in [0.1, 0.15) is 0 Å². The highest BCUT2D eigenvalue weighted by Gasteiger charge is 2.36. The van der Waals surface area contributed by atoms with Gasteiger partial charge >= 0.3 is 0 Å². The van der Waals surface area contributed by atoms with E-state index in [2.05, 4.69) is 51.2 Å². The highest BCUT2D eigenvalue weighted by Crippen LogP contribution is 2.33. The number of hydrogen-bond acceptors (Lipinski definition) is 2. The zero-order valence-corrected chi connectivity index (χ0v) is 14.7. The molecule has 1 aromatic carbocycles. The Bertz CT molecular complexity index is 682.